The third-order valence-corrected chi connectivity index (χ3v) is 5.22. The van der Waals surface area contributed by atoms with Crippen LogP contribution in [0.3, 0.4) is 0 Å². The van der Waals surface area contributed by atoms with Crippen molar-refractivity contribution in [1.82, 2.24) is 5.32 Å². The van der Waals surface area contributed by atoms with Crippen molar-refractivity contribution in [3.05, 3.63) is 24.0 Å². The van der Waals surface area contributed by atoms with Crippen LogP contribution >= 0.6 is 0 Å². The van der Waals surface area contributed by atoms with Crippen molar-refractivity contribution < 1.29 is 13.9 Å². The van der Waals surface area contributed by atoms with Crippen molar-refractivity contribution in [3.8, 4) is 0 Å². The number of amides is 1. The highest BCUT2D eigenvalue weighted by Crippen LogP contribution is 2.49. The first-order valence-electron chi connectivity index (χ1n) is 8.95. The van der Waals surface area contributed by atoms with Gasteiger partial charge >= 0.3 is 6.09 Å². The smallest absolute Gasteiger partial charge is 0.407 e. The number of piperidine rings is 1. The van der Waals surface area contributed by atoms with Crippen molar-refractivity contribution in [3.63, 3.8) is 0 Å². The van der Waals surface area contributed by atoms with Gasteiger partial charge in [0.1, 0.15) is 11.4 Å². The Hall–Kier alpha value is -1.98. The molecule has 0 bridgehead atoms. The van der Waals surface area contributed by atoms with Crippen LogP contribution in [0.2, 0.25) is 0 Å². The van der Waals surface area contributed by atoms with Crippen LogP contribution in [-0.4, -0.2) is 30.8 Å². The molecule has 0 unspecified atom stereocenters. The number of rotatable bonds is 2. The molecule has 1 spiro atoms. The molecule has 1 aromatic rings. The molecule has 138 valence electrons. The number of hydrogen-bond donors (Lipinski definition) is 2. The number of nitrogens with two attached hydrogens (primary N) is 1. The number of nitrogens with zero attached hydrogens (tertiary/aromatic N) is 1. The molecular formula is C19H28FN3O2. The van der Waals surface area contributed by atoms with Crippen LogP contribution < -0.4 is 16.0 Å². The minimum atomic E-state index is -0.472. The van der Waals surface area contributed by atoms with E-state index in [0.29, 0.717) is 11.4 Å². The van der Waals surface area contributed by atoms with Crippen LogP contribution in [0.1, 0.15) is 46.5 Å². The van der Waals surface area contributed by atoms with Crippen molar-refractivity contribution in [2.45, 2.75) is 58.1 Å². The number of carbonyl (C=O) groups is 1. The quantitative estimate of drug-likeness (QED) is 0.799. The summed E-state index contributed by atoms with van der Waals surface area (Å²) < 4.78 is 19.4. The van der Waals surface area contributed by atoms with E-state index >= 15 is 0 Å². The SMILES string of the molecule is CC(C)(C)OC(=O)NC1CC2(CCN(c3ccc(N)cc3F)CC2)C1. The van der Waals surface area contributed by atoms with Crippen molar-refractivity contribution in [1.29, 1.82) is 0 Å². The van der Waals surface area contributed by atoms with Gasteiger partial charge in [0, 0.05) is 24.8 Å². The summed E-state index contributed by atoms with van der Waals surface area (Å²) in [7, 11) is 0. The Balaban J connectivity index is 1.48. The number of alkyl carbamates (subject to hydrolysis) is 1. The van der Waals surface area contributed by atoms with Crippen LogP contribution in [0, 0.1) is 11.2 Å². The zero-order chi connectivity index (χ0) is 18.2. The summed E-state index contributed by atoms with van der Waals surface area (Å²) in [5, 5.41) is 2.95. The zero-order valence-corrected chi connectivity index (χ0v) is 15.3. The molecule has 0 radical (unpaired) electrons. The molecule has 25 heavy (non-hydrogen) atoms. The van der Waals surface area contributed by atoms with Crippen LogP contribution in [-0.2, 0) is 4.74 Å². The predicted molar refractivity (Wildman–Crippen MR) is 97.1 cm³/mol. The fourth-order valence-corrected chi connectivity index (χ4v) is 3.97. The zero-order valence-electron chi connectivity index (χ0n) is 15.3. The first-order valence-corrected chi connectivity index (χ1v) is 8.95. The average Bonchev–Trinajstić information content (AvgIpc) is 2.45. The monoisotopic (exact) mass is 349 g/mol. The number of carbonyl (C=O) groups excluding carboxylic acids is 1. The van der Waals surface area contributed by atoms with E-state index in [1.54, 1.807) is 12.1 Å². The lowest BCUT2D eigenvalue weighted by Crippen LogP contribution is -2.55. The highest BCUT2D eigenvalue weighted by molar-refractivity contribution is 5.68. The summed E-state index contributed by atoms with van der Waals surface area (Å²) in [6.45, 7) is 7.25. The van der Waals surface area contributed by atoms with E-state index in [0.717, 1.165) is 38.8 Å². The molecule has 0 aromatic heterocycles. The van der Waals surface area contributed by atoms with Gasteiger partial charge < -0.3 is 20.7 Å². The summed E-state index contributed by atoms with van der Waals surface area (Å²) in [6.07, 6.45) is 3.65. The first-order chi connectivity index (χ1) is 11.7. The maximum atomic E-state index is 14.1. The van der Waals surface area contributed by atoms with E-state index in [-0.39, 0.29) is 23.4 Å². The molecule has 2 fully saturated rings. The number of ether oxygens (including phenoxy) is 1. The molecule has 1 saturated heterocycles. The summed E-state index contributed by atoms with van der Waals surface area (Å²) in [5.74, 6) is -0.256. The Kier molecular flexibility index (Phi) is 4.56. The number of benzene rings is 1. The second-order valence-electron chi connectivity index (χ2n) is 8.45. The minimum absolute atomic E-state index is 0.189. The van der Waals surface area contributed by atoms with E-state index in [4.69, 9.17) is 10.5 Å². The average molecular weight is 349 g/mol. The lowest BCUT2D eigenvalue weighted by molar-refractivity contribution is 0.0234. The molecular weight excluding hydrogens is 321 g/mol. The van der Waals surface area contributed by atoms with Gasteiger partial charge in [-0.2, -0.15) is 0 Å². The number of nitrogen functional groups attached to an aromatic ring is 1. The Labute approximate surface area is 148 Å². The van der Waals surface area contributed by atoms with E-state index < -0.39 is 5.60 Å². The Morgan fingerprint density at radius 2 is 1.96 bits per heavy atom. The van der Waals surface area contributed by atoms with Crippen LogP contribution in [0.15, 0.2) is 18.2 Å². The third-order valence-electron chi connectivity index (χ3n) is 5.22. The van der Waals surface area contributed by atoms with E-state index in [1.807, 2.05) is 20.8 Å². The molecule has 1 heterocycles. The third kappa shape index (κ3) is 4.17. The maximum absolute atomic E-state index is 14.1. The highest BCUT2D eigenvalue weighted by atomic mass is 19.1. The number of nitrogens with one attached hydrogen (secondary N) is 1. The maximum Gasteiger partial charge on any atom is 0.407 e. The fourth-order valence-electron chi connectivity index (χ4n) is 3.97. The molecule has 3 rings (SSSR count). The molecule has 3 N–H and O–H groups in total. The largest absolute Gasteiger partial charge is 0.444 e. The predicted octanol–water partition coefficient (Wildman–Crippen LogP) is 3.68. The van der Waals surface area contributed by atoms with Gasteiger partial charge in [-0.1, -0.05) is 0 Å². The lowest BCUT2D eigenvalue weighted by atomic mass is 9.60. The molecule has 1 aliphatic carbocycles. The van der Waals surface area contributed by atoms with Gasteiger partial charge in [-0.25, -0.2) is 9.18 Å². The van der Waals surface area contributed by atoms with Gasteiger partial charge in [-0.05, 0) is 70.1 Å². The topological polar surface area (TPSA) is 67.6 Å². The second-order valence-corrected chi connectivity index (χ2v) is 8.45. The van der Waals surface area contributed by atoms with Crippen LogP contribution in [0.5, 0.6) is 0 Å². The van der Waals surface area contributed by atoms with Gasteiger partial charge in [-0.15, -0.1) is 0 Å². The van der Waals surface area contributed by atoms with Crippen LogP contribution in [0.4, 0.5) is 20.6 Å². The minimum Gasteiger partial charge on any atom is -0.444 e. The van der Waals surface area contributed by atoms with Gasteiger partial charge in [0.25, 0.3) is 0 Å². The van der Waals surface area contributed by atoms with Crippen molar-refractivity contribution >= 4 is 17.5 Å². The van der Waals surface area contributed by atoms with Gasteiger partial charge in [0.15, 0.2) is 0 Å². The number of halogens is 1. The number of anilines is 2. The summed E-state index contributed by atoms with van der Waals surface area (Å²) in [6, 6.07) is 5.07. The second kappa shape index (κ2) is 6.39. The van der Waals surface area contributed by atoms with E-state index in [9.17, 15) is 9.18 Å². The standard InChI is InChI=1S/C19H28FN3O2/c1-18(2,3)25-17(24)22-14-11-19(12-14)6-8-23(9-7-19)16-5-4-13(21)10-15(16)20/h4-5,10,14H,6-9,11-12,21H2,1-3H3,(H,22,24). The molecule has 6 heteroatoms. The van der Waals surface area contributed by atoms with Gasteiger partial charge in [-0.3, -0.25) is 0 Å². The Morgan fingerprint density at radius 1 is 1.32 bits per heavy atom. The molecule has 1 saturated carbocycles. The van der Waals surface area contributed by atoms with Gasteiger partial charge in [0.2, 0.25) is 0 Å². The Morgan fingerprint density at radius 3 is 2.52 bits per heavy atom. The summed E-state index contributed by atoms with van der Waals surface area (Å²) in [5.41, 5.74) is 6.51. The highest BCUT2D eigenvalue weighted by Gasteiger charge is 2.46. The molecule has 1 aliphatic heterocycles. The van der Waals surface area contributed by atoms with Gasteiger partial charge in [0.05, 0.1) is 5.69 Å². The Bertz CT molecular complexity index is 641. The molecule has 0 atom stereocenters. The van der Waals surface area contributed by atoms with E-state index in [2.05, 4.69) is 10.2 Å². The molecule has 2 aliphatic rings. The molecule has 1 amide bonds. The normalized spacial score (nSPS) is 20.2. The first kappa shape index (κ1) is 17.8. The van der Waals surface area contributed by atoms with Crippen LogP contribution in [0.25, 0.3) is 0 Å². The fraction of sp³-hybridized carbons (Fsp3) is 0.632. The lowest BCUT2D eigenvalue weighted by Gasteiger charge is -2.52. The molecule has 5 nitrogen and oxygen atoms in total. The summed E-state index contributed by atoms with van der Waals surface area (Å²) >= 11 is 0. The molecule has 1 aromatic carbocycles. The van der Waals surface area contributed by atoms with E-state index in [1.165, 1.54) is 6.07 Å². The summed E-state index contributed by atoms with van der Waals surface area (Å²) in [4.78, 5) is 13.9. The van der Waals surface area contributed by atoms with Crippen molar-refractivity contribution in [2.24, 2.45) is 5.41 Å². The van der Waals surface area contributed by atoms with Crippen molar-refractivity contribution in [2.75, 3.05) is 23.7 Å². The number of hydrogen-bond acceptors (Lipinski definition) is 4.